The smallest absolute Gasteiger partial charge is 0.243 e. The first-order valence-electron chi connectivity index (χ1n) is 14.6. The van der Waals surface area contributed by atoms with Crippen molar-refractivity contribution in [1.82, 2.24) is 8.87 Å². The van der Waals surface area contributed by atoms with Crippen molar-refractivity contribution in [2.75, 3.05) is 26.8 Å². The molecule has 3 aromatic carbocycles. The molecule has 2 aliphatic heterocycles. The van der Waals surface area contributed by atoms with Crippen LogP contribution in [0.3, 0.4) is 0 Å². The van der Waals surface area contributed by atoms with Crippen LogP contribution in [0.25, 0.3) is 11.3 Å². The van der Waals surface area contributed by atoms with E-state index in [2.05, 4.69) is 34.2 Å². The number of methoxy groups -OCH3 is 1. The maximum Gasteiger partial charge on any atom is 0.243 e. The van der Waals surface area contributed by atoms with Gasteiger partial charge >= 0.3 is 0 Å². The number of piperidine rings is 1. The lowest BCUT2D eigenvalue weighted by Crippen LogP contribution is -2.38. The molecule has 220 valence electrons. The van der Waals surface area contributed by atoms with Crippen LogP contribution in [0.1, 0.15) is 31.2 Å². The zero-order valence-electron chi connectivity index (χ0n) is 23.9. The Hall–Kier alpha value is -3.24. The molecule has 1 unspecified atom stereocenters. The first kappa shape index (κ1) is 28.9. The molecule has 4 aromatic rings. The summed E-state index contributed by atoms with van der Waals surface area (Å²) in [6, 6.07) is 25.5. The van der Waals surface area contributed by atoms with Crippen LogP contribution in [0.15, 0.2) is 94.1 Å². The number of nitrogens with zero attached hydrogens (tertiary/aromatic N) is 3. The number of hydrogen-bond acceptors (Lipinski definition) is 6. The van der Waals surface area contributed by atoms with Gasteiger partial charge < -0.3 is 14.0 Å². The largest absolute Gasteiger partial charge is 0.497 e. The van der Waals surface area contributed by atoms with Crippen molar-refractivity contribution in [3.63, 3.8) is 0 Å². The fraction of sp³-hybridized carbons (Fsp3) is 0.364. The molecule has 0 aliphatic carbocycles. The second kappa shape index (κ2) is 13.0. The summed E-state index contributed by atoms with van der Waals surface area (Å²) in [6.07, 6.45) is 4.98. The van der Waals surface area contributed by atoms with E-state index in [-0.39, 0.29) is 6.10 Å². The van der Waals surface area contributed by atoms with Crippen molar-refractivity contribution in [2.45, 2.75) is 49.6 Å². The highest BCUT2D eigenvalue weighted by molar-refractivity contribution is 7.89. The van der Waals surface area contributed by atoms with Gasteiger partial charge in [0.25, 0.3) is 0 Å². The highest BCUT2D eigenvalue weighted by Crippen LogP contribution is 2.29. The molecule has 9 heteroatoms. The van der Waals surface area contributed by atoms with Crippen molar-refractivity contribution in [1.29, 1.82) is 0 Å². The van der Waals surface area contributed by atoms with Crippen LogP contribution in [-0.2, 0) is 27.7 Å². The van der Waals surface area contributed by atoms with E-state index in [0.29, 0.717) is 30.4 Å². The first-order valence-corrected chi connectivity index (χ1v) is 16.9. The monoisotopic (exact) mass is 603 g/mol. The molecule has 0 spiro atoms. The summed E-state index contributed by atoms with van der Waals surface area (Å²) in [7, 11) is -1.90. The van der Waals surface area contributed by atoms with E-state index in [1.165, 1.54) is 5.56 Å². The highest BCUT2D eigenvalue weighted by Gasteiger charge is 2.29. The molecule has 7 nitrogen and oxygen atoms in total. The van der Waals surface area contributed by atoms with Crippen LogP contribution in [0, 0.1) is 5.92 Å². The Balaban J connectivity index is 1.20. The van der Waals surface area contributed by atoms with Crippen molar-refractivity contribution in [3.8, 4) is 17.0 Å². The van der Waals surface area contributed by atoms with E-state index in [9.17, 15) is 8.42 Å². The number of rotatable bonds is 9. The van der Waals surface area contributed by atoms with Crippen molar-refractivity contribution in [3.05, 3.63) is 94.6 Å². The second-order valence-electron chi connectivity index (χ2n) is 11.0. The van der Waals surface area contributed by atoms with Gasteiger partial charge in [-0.3, -0.25) is 0 Å². The molecule has 0 amide bonds. The Labute approximate surface area is 252 Å². The van der Waals surface area contributed by atoms with E-state index in [0.717, 1.165) is 66.2 Å². The Bertz CT molecular complexity index is 1630. The summed E-state index contributed by atoms with van der Waals surface area (Å²) in [6.45, 7) is 2.60. The third-order valence-electron chi connectivity index (χ3n) is 8.23. The maximum absolute atomic E-state index is 13.5. The van der Waals surface area contributed by atoms with Gasteiger partial charge in [-0.2, -0.15) is 4.31 Å². The van der Waals surface area contributed by atoms with Gasteiger partial charge in [-0.15, -0.1) is 11.3 Å². The van der Waals surface area contributed by atoms with Gasteiger partial charge in [0.2, 0.25) is 10.0 Å². The lowest BCUT2D eigenvalue weighted by molar-refractivity contribution is 0.0968. The number of sulfonamides is 1. The fourth-order valence-electron chi connectivity index (χ4n) is 5.83. The minimum absolute atomic E-state index is 0.137. The Morgan fingerprint density at radius 2 is 1.69 bits per heavy atom. The topological polar surface area (TPSA) is 73.1 Å². The van der Waals surface area contributed by atoms with Gasteiger partial charge in [0.15, 0.2) is 4.80 Å². The quantitative estimate of drug-likeness (QED) is 0.226. The number of benzene rings is 3. The summed E-state index contributed by atoms with van der Waals surface area (Å²) < 4.78 is 42.2. The van der Waals surface area contributed by atoms with Crippen molar-refractivity contribution < 1.29 is 17.9 Å². The normalized spacial score (nSPS) is 18.9. The predicted molar refractivity (Wildman–Crippen MR) is 167 cm³/mol. The SMILES string of the molecule is COc1ccc(N=c2scc(-c3ccc(S(=O)(=O)N4CCC(Cc5ccccc5)CC4)cc3)n2CC2CCCO2)cc1. The minimum atomic E-state index is -3.55. The third kappa shape index (κ3) is 6.54. The van der Waals surface area contributed by atoms with Crippen LogP contribution >= 0.6 is 11.3 Å². The fourth-order valence-corrected chi connectivity index (χ4v) is 8.24. The standard InChI is InChI=1S/C33H37N3O4S2/c1-39-29-13-11-28(12-14-29)34-33-36(23-30-8-5-21-40-30)32(24-41-33)27-9-15-31(16-10-27)42(37,38)35-19-17-26(18-20-35)22-25-6-3-2-4-7-25/h2-4,6-7,9-16,24,26,30H,5,8,17-23H2,1H3. The molecule has 1 atom stereocenters. The molecule has 2 saturated heterocycles. The molecule has 3 heterocycles. The molecule has 0 radical (unpaired) electrons. The summed E-state index contributed by atoms with van der Waals surface area (Å²) in [5, 5.41) is 2.10. The lowest BCUT2D eigenvalue weighted by atomic mass is 9.91. The summed E-state index contributed by atoms with van der Waals surface area (Å²) >= 11 is 1.58. The Morgan fingerprint density at radius 3 is 2.36 bits per heavy atom. The molecule has 0 saturated carbocycles. The van der Waals surface area contributed by atoms with E-state index in [1.54, 1.807) is 34.9 Å². The Kier molecular flexibility index (Phi) is 8.90. The van der Waals surface area contributed by atoms with Gasteiger partial charge in [-0.25, -0.2) is 13.4 Å². The molecule has 0 bridgehead atoms. The summed E-state index contributed by atoms with van der Waals surface area (Å²) in [4.78, 5) is 6.14. The number of aromatic nitrogens is 1. The zero-order valence-corrected chi connectivity index (χ0v) is 25.5. The van der Waals surface area contributed by atoms with Gasteiger partial charge in [-0.05, 0) is 85.5 Å². The van der Waals surface area contributed by atoms with E-state index < -0.39 is 10.0 Å². The predicted octanol–water partition coefficient (Wildman–Crippen LogP) is 6.28. The molecule has 2 aliphatic rings. The number of thiazole rings is 1. The van der Waals surface area contributed by atoms with Gasteiger partial charge in [0.05, 0.1) is 36.0 Å². The summed E-state index contributed by atoms with van der Waals surface area (Å²) in [5.74, 6) is 1.30. The van der Waals surface area contributed by atoms with E-state index in [1.807, 2.05) is 42.5 Å². The average Bonchev–Trinajstić information content (AvgIpc) is 3.69. The highest BCUT2D eigenvalue weighted by atomic mass is 32.2. The molecule has 6 rings (SSSR count). The van der Waals surface area contributed by atoms with Crippen molar-refractivity contribution >= 4 is 27.0 Å². The van der Waals surface area contributed by atoms with Crippen LogP contribution < -0.4 is 9.54 Å². The van der Waals surface area contributed by atoms with Gasteiger partial charge in [0, 0.05) is 25.1 Å². The van der Waals surface area contributed by atoms with Gasteiger partial charge in [-0.1, -0.05) is 42.5 Å². The second-order valence-corrected chi connectivity index (χ2v) is 13.8. The maximum atomic E-state index is 13.5. The molecular formula is C33H37N3O4S2. The van der Waals surface area contributed by atoms with Crippen molar-refractivity contribution in [2.24, 2.45) is 10.9 Å². The molecule has 0 N–H and O–H groups in total. The number of ether oxygens (including phenoxy) is 2. The van der Waals surface area contributed by atoms with Gasteiger partial charge in [0.1, 0.15) is 5.75 Å². The first-order chi connectivity index (χ1) is 20.5. The van der Waals surface area contributed by atoms with E-state index >= 15 is 0 Å². The molecular weight excluding hydrogens is 567 g/mol. The molecule has 2 fully saturated rings. The van der Waals surface area contributed by atoms with Crippen LogP contribution in [0.4, 0.5) is 5.69 Å². The molecule has 1 aromatic heterocycles. The van der Waals surface area contributed by atoms with Crippen LogP contribution in [0.5, 0.6) is 5.75 Å². The average molecular weight is 604 g/mol. The minimum Gasteiger partial charge on any atom is -0.497 e. The lowest BCUT2D eigenvalue weighted by Gasteiger charge is -2.31. The van der Waals surface area contributed by atoms with Crippen LogP contribution in [0.2, 0.25) is 0 Å². The summed E-state index contributed by atoms with van der Waals surface area (Å²) in [5.41, 5.74) is 4.13. The molecule has 42 heavy (non-hydrogen) atoms. The third-order valence-corrected chi connectivity index (χ3v) is 11.0. The Morgan fingerprint density at radius 1 is 0.952 bits per heavy atom. The zero-order chi connectivity index (χ0) is 28.9. The number of hydrogen-bond donors (Lipinski definition) is 0. The van der Waals surface area contributed by atoms with Crippen LogP contribution in [-0.4, -0.2) is 50.2 Å². The van der Waals surface area contributed by atoms with E-state index in [4.69, 9.17) is 14.5 Å².